The Labute approximate surface area is 71.9 Å². The average Bonchev–Trinajstić information content (AvgIpc) is 1.80. The van der Waals surface area contributed by atoms with Crippen LogP contribution in [0, 0.1) is 6.07 Å². The molecular formula is C6H2BrCl2. The smallest absolute Gasteiger partial charge is 0.0671 e. The van der Waals surface area contributed by atoms with Crippen LogP contribution < -0.4 is 0 Å². The summed E-state index contributed by atoms with van der Waals surface area (Å²) in [5, 5.41) is 0.978. The molecule has 1 aromatic rings. The second-order valence-electron chi connectivity index (χ2n) is 1.48. The lowest BCUT2D eigenvalue weighted by molar-refractivity contribution is 1.63. The highest BCUT2D eigenvalue weighted by Crippen LogP contribution is 2.24. The molecule has 0 saturated heterocycles. The summed E-state index contributed by atoms with van der Waals surface area (Å²) in [5.41, 5.74) is 0. The predicted octanol–water partition coefficient (Wildman–Crippen LogP) is 3.56. The Morgan fingerprint density at radius 2 is 2.11 bits per heavy atom. The van der Waals surface area contributed by atoms with Crippen LogP contribution in [0.25, 0.3) is 0 Å². The zero-order valence-corrected chi connectivity index (χ0v) is 7.39. The van der Waals surface area contributed by atoms with Gasteiger partial charge in [0.05, 0.1) is 10.0 Å². The molecule has 0 nitrogen and oxygen atoms in total. The Balaban J connectivity index is 3.17. The molecular weight excluding hydrogens is 223 g/mol. The van der Waals surface area contributed by atoms with E-state index in [-0.39, 0.29) is 0 Å². The predicted molar refractivity (Wildman–Crippen MR) is 43.0 cm³/mol. The van der Waals surface area contributed by atoms with Gasteiger partial charge < -0.3 is 0 Å². The lowest BCUT2D eigenvalue weighted by atomic mass is 10.4. The molecule has 0 N–H and O–H groups in total. The minimum absolute atomic E-state index is 0.458. The van der Waals surface area contributed by atoms with Gasteiger partial charge in [-0.25, -0.2) is 0 Å². The zero-order chi connectivity index (χ0) is 6.85. The molecule has 0 saturated carbocycles. The van der Waals surface area contributed by atoms with Crippen LogP contribution in [0.15, 0.2) is 16.6 Å². The first-order valence-corrected chi connectivity index (χ1v) is 3.77. The molecule has 0 unspecified atom stereocenters. The lowest BCUT2D eigenvalue weighted by Crippen LogP contribution is -1.67. The van der Waals surface area contributed by atoms with E-state index in [0.29, 0.717) is 10.0 Å². The standard InChI is InChI=1S/C6H2BrCl2/c7-4-1-2-5(8)6(9)3-4/h1,3H. The summed E-state index contributed by atoms with van der Waals surface area (Å²) >= 11 is 14.4. The van der Waals surface area contributed by atoms with Gasteiger partial charge in [0.15, 0.2) is 0 Å². The van der Waals surface area contributed by atoms with Gasteiger partial charge in [0.2, 0.25) is 0 Å². The first kappa shape index (κ1) is 7.39. The Morgan fingerprint density at radius 1 is 1.44 bits per heavy atom. The summed E-state index contributed by atoms with van der Waals surface area (Å²) in [6, 6.07) is 6.19. The number of rotatable bonds is 0. The Morgan fingerprint density at radius 3 is 2.56 bits per heavy atom. The number of halogens is 3. The van der Waals surface area contributed by atoms with E-state index in [4.69, 9.17) is 23.2 Å². The summed E-state index contributed by atoms with van der Waals surface area (Å²) < 4.78 is 0.886. The minimum atomic E-state index is 0.458. The van der Waals surface area contributed by atoms with Gasteiger partial charge in [-0.15, -0.1) is 0 Å². The average molecular weight is 225 g/mol. The molecule has 0 bridgehead atoms. The highest BCUT2D eigenvalue weighted by atomic mass is 79.9. The molecule has 0 aliphatic rings. The fourth-order valence-corrected chi connectivity index (χ4v) is 1.18. The summed E-state index contributed by atoms with van der Waals surface area (Å²) in [7, 11) is 0. The van der Waals surface area contributed by atoms with Crippen molar-refractivity contribution in [3.05, 3.63) is 32.7 Å². The first-order chi connectivity index (χ1) is 4.20. The fourth-order valence-electron chi connectivity index (χ4n) is 0.427. The third-order valence-corrected chi connectivity index (χ3v) is 1.98. The molecule has 0 spiro atoms. The summed E-state index contributed by atoms with van der Waals surface area (Å²) in [6.45, 7) is 0. The van der Waals surface area contributed by atoms with Gasteiger partial charge in [-0.05, 0) is 12.1 Å². The fraction of sp³-hybridized carbons (Fsp3) is 0. The first-order valence-electron chi connectivity index (χ1n) is 2.22. The van der Waals surface area contributed by atoms with Crippen LogP contribution in [0.5, 0.6) is 0 Å². The summed E-state index contributed by atoms with van der Waals surface area (Å²) in [4.78, 5) is 0. The monoisotopic (exact) mass is 223 g/mol. The van der Waals surface area contributed by atoms with Crippen molar-refractivity contribution in [3.8, 4) is 0 Å². The van der Waals surface area contributed by atoms with Crippen LogP contribution in [0.4, 0.5) is 0 Å². The van der Waals surface area contributed by atoms with Crippen LogP contribution in [0.3, 0.4) is 0 Å². The number of hydrogen-bond donors (Lipinski definition) is 0. The summed E-state index contributed by atoms with van der Waals surface area (Å²) in [6.07, 6.45) is 0. The van der Waals surface area contributed by atoms with Gasteiger partial charge in [-0.1, -0.05) is 39.1 Å². The van der Waals surface area contributed by atoms with Crippen molar-refractivity contribution in [2.45, 2.75) is 0 Å². The van der Waals surface area contributed by atoms with Crippen molar-refractivity contribution in [1.29, 1.82) is 0 Å². The van der Waals surface area contributed by atoms with Gasteiger partial charge in [0, 0.05) is 10.5 Å². The maximum Gasteiger partial charge on any atom is 0.0671 e. The Hall–Kier alpha value is 0.280. The molecule has 0 atom stereocenters. The van der Waals surface area contributed by atoms with E-state index >= 15 is 0 Å². The van der Waals surface area contributed by atoms with Crippen molar-refractivity contribution in [2.75, 3.05) is 0 Å². The SMILES string of the molecule is Clc1[c]cc(Br)cc1Cl. The molecule has 0 heterocycles. The van der Waals surface area contributed by atoms with Gasteiger partial charge in [-0.3, -0.25) is 0 Å². The molecule has 1 aromatic carbocycles. The van der Waals surface area contributed by atoms with E-state index in [1.807, 2.05) is 0 Å². The van der Waals surface area contributed by atoms with E-state index in [1.54, 1.807) is 12.1 Å². The van der Waals surface area contributed by atoms with Gasteiger partial charge in [-0.2, -0.15) is 0 Å². The largest absolute Gasteiger partial charge is 0.0826 e. The van der Waals surface area contributed by atoms with Crippen molar-refractivity contribution in [1.82, 2.24) is 0 Å². The second kappa shape index (κ2) is 2.91. The van der Waals surface area contributed by atoms with E-state index in [2.05, 4.69) is 22.0 Å². The molecule has 1 radical (unpaired) electrons. The van der Waals surface area contributed by atoms with Crippen molar-refractivity contribution in [3.63, 3.8) is 0 Å². The highest BCUT2D eigenvalue weighted by Gasteiger charge is 1.95. The normalized spacial score (nSPS) is 9.67. The van der Waals surface area contributed by atoms with Crippen molar-refractivity contribution in [2.24, 2.45) is 0 Å². The zero-order valence-electron chi connectivity index (χ0n) is 4.29. The van der Waals surface area contributed by atoms with Crippen LogP contribution >= 0.6 is 39.1 Å². The van der Waals surface area contributed by atoms with Crippen LogP contribution in [0.2, 0.25) is 10.0 Å². The third kappa shape index (κ3) is 1.85. The topological polar surface area (TPSA) is 0 Å². The van der Waals surface area contributed by atoms with Crippen LogP contribution in [-0.2, 0) is 0 Å². The molecule has 0 aliphatic heterocycles. The van der Waals surface area contributed by atoms with Crippen LogP contribution in [-0.4, -0.2) is 0 Å². The molecule has 9 heavy (non-hydrogen) atoms. The maximum absolute atomic E-state index is 5.62. The van der Waals surface area contributed by atoms with Gasteiger partial charge >= 0.3 is 0 Å². The molecule has 3 heteroatoms. The molecule has 0 fully saturated rings. The van der Waals surface area contributed by atoms with Crippen LogP contribution in [0.1, 0.15) is 0 Å². The quantitative estimate of drug-likeness (QED) is 0.592. The van der Waals surface area contributed by atoms with E-state index in [0.717, 1.165) is 4.47 Å². The molecule has 0 amide bonds. The minimum Gasteiger partial charge on any atom is -0.0826 e. The second-order valence-corrected chi connectivity index (χ2v) is 3.18. The Kier molecular flexibility index (Phi) is 2.39. The van der Waals surface area contributed by atoms with Gasteiger partial charge in [0.25, 0.3) is 0 Å². The van der Waals surface area contributed by atoms with E-state index in [1.165, 1.54) is 0 Å². The number of benzene rings is 1. The highest BCUT2D eigenvalue weighted by molar-refractivity contribution is 9.10. The molecule has 0 aliphatic carbocycles. The summed E-state index contributed by atoms with van der Waals surface area (Å²) in [5.74, 6) is 0. The van der Waals surface area contributed by atoms with Crippen molar-refractivity contribution >= 4 is 39.1 Å². The lowest BCUT2D eigenvalue weighted by Gasteiger charge is -1.92. The molecule has 1 rings (SSSR count). The van der Waals surface area contributed by atoms with Gasteiger partial charge in [0.1, 0.15) is 0 Å². The molecule has 0 aromatic heterocycles. The van der Waals surface area contributed by atoms with Crippen molar-refractivity contribution < 1.29 is 0 Å². The maximum atomic E-state index is 5.62. The Bertz CT molecular complexity index is 222. The van der Waals surface area contributed by atoms with E-state index in [9.17, 15) is 0 Å². The number of hydrogen-bond acceptors (Lipinski definition) is 0. The van der Waals surface area contributed by atoms with E-state index < -0.39 is 0 Å². The third-order valence-electron chi connectivity index (χ3n) is 0.811. The molecule has 47 valence electrons.